The molecular formula is C24H28F3N3O. The first-order valence-corrected chi connectivity index (χ1v) is 10.8. The minimum absolute atomic E-state index is 0.0796. The Morgan fingerprint density at radius 2 is 1.71 bits per heavy atom. The monoisotopic (exact) mass is 431 g/mol. The Bertz CT molecular complexity index is 922. The second-order valence-electron chi connectivity index (χ2n) is 8.49. The molecule has 0 aliphatic carbocycles. The Morgan fingerprint density at radius 1 is 0.968 bits per heavy atom. The Kier molecular flexibility index (Phi) is 6.23. The SMILES string of the molecule is Cc1cccc(C(=O)N2CCC[C@H](N3CCN(c4cccc(C(F)(F)F)c4)CC3)C2)c1. The molecule has 2 saturated heterocycles. The lowest BCUT2D eigenvalue weighted by Gasteiger charge is -2.44. The predicted molar refractivity (Wildman–Crippen MR) is 115 cm³/mol. The second kappa shape index (κ2) is 8.91. The zero-order valence-electron chi connectivity index (χ0n) is 17.7. The van der Waals surface area contributed by atoms with Crippen LogP contribution >= 0.6 is 0 Å². The smallest absolute Gasteiger partial charge is 0.369 e. The van der Waals surface area contributed by atoms with Crippen LogP contribution in [0.2, 0.25) is 0 Å². The number of rotatable bonds is 3. The zero-order valence-corrected chi connectivity index (χ0v) is 17.7. The van der Waals surface area contributed by atoms with Crippen LogP contribution in [0.3, 0.4) is 0 Å². The molecule has 166 valence electrons. The summed E-state index contributed by atoms with van der Waals surface area (Å²) in [4.78, 5) is 19.3. The van der Waals surface area contributed by atoms with Crippen molar-refractivity contribution in [2.24, 2.45) is 0 Å². The number of anilines is 1. The molecule has 2 aromatic rings. The van der Waals surface area contributed by atoms with Crippen LogP contribution in [-0.4, -0.2) is 61.0 Å². The molecule has 1 atom stereocenters. The van der Waals surface area contributed by atoms with Crippen molar-refractivity contribution >= 4 is 11.6 Å². The number of carbonyl (C=O) groups is 1. The summed E-state index contributed by atoms with van der Waals surface area (Å²) in [5.41, 5.74) is 1.82. The van der Waals surface area contributed by atoms with Gasteiger partial charge < -0.3 is 9.80 Å². The summed E-state index contributed by atoms with van der Waals surface area (Å²) >= 11 is 0. The molecule has 0 aromatic heterocycles. The van der Waals surface area contributed by atoms with Crippen LogP contribution in [0.5, 0.6) is 0 Å². The summed E-state index contributed by atoms with van der Waals surface area (Å²) in [6.45, 7) is 6.40. The highest BCUT2D eigenvalue weighted by atomic mass is 19.4. The van der Waals surface area contributed by atoms with Crippen molar-refractivity contribution in [1.82, 2.24) is 9.80 Å². The predicted octanol–water partition coefficient (Wildman–Crippen LogP) is 4.44. The van der Waals surface area contributed by atoms with Crippen LogP contribution in [0.1, 0.15) is 34.3 Å². The Balaban J connectivity index is 1.36. The van der Waals surface area contributed by atoms with Crippen molar-refractivity contribution in [3.8, 4) is 0 Å². The highest BCUT2D eigenvalue weighted by molar-refractivity contribution is 5.94. The van der Waals surface area contributed by atoms with Crippen molar-refractivity contribution in [2.75, 3.05) is 44.2 Å². The molecule has 0 bridgehead atoms. The lowest BCUT2D eigenvalue weighted by atomic mass is 10.0. The van der Waals surface area contributed by atoms with E-state index in [1.54, 1.807) is 6.07 Å². The number of aryl methyl sites for hydroxylation is 1. The van der Waals surface area contributed by atoms with Crippen LogP contribution in [0.4, 0.5) is 18.9 Å². The molecule has 2 fully saturated rings. The van der Waals surface area contributed by atoms with E-state index in [0.717, 1.165) is 49.7 Å². The highest BCUT2D eigenvalue weighted by Crippen LogP contribution is 2.32. The second-order valence-corrected chi connectivity index (χ2v) is 8.49. The third-order valence-electron chi connectivity index (χ3n) is 6.32. The number of nitrogens with zero attached hydrogens (tertiary/aromatic N) is 3. The van der Waals surface area contributed by atoms with Crippen molar-refractivity contribution in [2.45, 2.75) is 32.0 Å². The number of amides is 1. The van der Waals surface area contributed by atoms with Crippen LogP contribution < -0.4 is 4.90 Å². The average molecular weight is 432 g/mol. The number of hydrogen-bond donors (Lipinski definition) is 0. The number of carbonyl (C=O) groups excluding carboxylic acids is 1. The van der Waals surface area contributed by atoms with E-state index < -0.39 is 11.7 Å². The maximum Gasteiger partial charge on any atom is 0.416 e. The van der Waals surface area contributed by atoms with Crippen molar-refractivity contribution in [1.29, 1.82) is 0 Å². The molecule has 2 heterocycles. The van der Waals surface area contributed by atoms with Gasteiger partial charge in [0.25, 0.3) is 5.91 Å². The average Bonchev–Trinajstić information content (AvgIpc) is 2.78. The summed E-state index contributed by atoms with van der Waals surface area (Å²) in [7, 11) is 0. The largest absolute Gasteiger partial charge is 0.416 e. The number of halogens is 3. The topological polar surface area (TPSA) is 26.8 Å². The van der Waals surface area contributed by atoms with Gasteiger partial charge in [0.05, 0.1) is 5.56 Å². The zero-order chi connectivity index (χ0) is 22.0. The maximum absolute atomic E-state index is 13.0. The van der Waals surface area contributed by atoms with Gasteiger partial charge in [0.2, 0.25) is 0 Å². The molecule has 2 aromatic carbocycles. The molecule has 1 amide bonds. The van der Waals surface area contributed by atoms with Gasteiger partial charge in [0.1, 0.15) is 0 Å². The normalized spacial score (nSPS) is 20.7. The van der Waals surface area contributed by atoms with Gasteiger partial charge in [-0.3, -0.25) is 9.69 Å². The number of alkyl halides is 3. The van der Waals surface area contributed by atoms with Gasteiger partial charge in [0, 0.05) is 56.6 Å². The van der Waals surface area contributed by atoms with E-state index in [1.165, 1.54) is 12.1 Å². The van der Waals surface area contributed by atoms with Crippen LogP contribution in [-0.2, 0) is 6.18 Å². The summed E-state index contributed by atoms with van der Waals surface area (Å²) in [5, 5.41) is 0. The molecule has 0 unspecified atom stereocenters. The van der Waals surface area contributed by atoms with Gasteiger partial charge in [-0.25, -0.2) is 0 Å². The van der Waals surface area contributed by atoms with Gasteiger partial charge in [-0.15, -0.1) is 0 Å². The minimum Gasteiger partial charge on any atom is -0.369 e. The summed E-state index contributed by atoms with van der Waals surface area (Å²) in [5.74, 6) is 0.0796. The quantitative estimate of drug-likeness (QED) is 0.719. The lowest BCUT2D eigenvalue weighted by Crippen LogP contribution is -2.55. The van der Waals surface area contributed by atoms with E-state index >= 15 is 0 Å². The van der Waals surface area contributed by atoms with E-state index in [9.17, 15) is 18.0 Å². The van der Waals surface area contributed by atoms with Gasteiger partial charge >= 0.3 is 6.18 Å². The summed E-state index contributed by atoms with van der Waals surface area (Å²) in [6, 6.07) is 13.6. The van der Waals surface area contributed by atoms with Gasteiger partial charge in [0.15, 0.2) is 0 Å². The standard InChI is InChI=1S/C24H28F3N3O/c1-18-5-2-6-19(15-18)23(31)30-10-4-9-22(17-30)29-13-11-28(12-14-29)21-8-3-7-20(16-21)24(25,26)27/h2-3,5-8,15-16,22H,4,9-14,17H2,1H3/t22-/m0/s1. The highest BCUT2D eigenvalue weighted by Gasteiger charge is 2.32. The van der Waals surface area contributed by atoms with Crippen LogP contribution in [0, 0.1) is 6.92 Å². The Labute approximate surface area is 181 Å². The fraction of sp³-hybridized carbons (Fsp3) is 0.458. The van der Waals surface area contributed by atoms with E-state index in [-0.39, 0.29) is 5.91 Å². The molecule has 31 heavy (non-hydrogen) atoms. The fourth-order valence-electron chi connectivity index (χ4n) is 4.62. The molecule has 0 N–H and O–H groups in total. The Morgan fingerprint density at radius 3 is 2.42 bits per heavy atom. The van der Waals surface area contributed by atoms with Crippen LogP contribution in [0.25, 0.3) is 0 Å². The van der Waals surface area contributed by atoms with E-state index in [0.29, 0.717) is 31.4 Å². The molecular weight excluding hydrogens is 403 g/mol. The lowest BCUT2D eigenvalue weighted by molar-refractivity contribution is -0.137. The maximum atomic E-state index is 13.0. The van der Waals surface area contributed by atoms with Gasteiger partial charge in [-0.1, -0.05) is 23.8 Å². The summed E-state index contributed by atoms with van der Waals surface area (Å²) < 4.78 is 39.1. The fourth-order valence-corrected chi connectivity index (χ4v) is 4.62. The minimum atomic E-state index is -4.33. The molecule has 2 aliphatic heterocycles. The number of piperazine rings is 1. The van der Waals surface area contributed by atoms with Gasteiger partial charge in [-0.05, 0) is 50.1 Å². The summed E-state index contributed by atoms with van der Waals surface area (Å²) in [6.07, 6.45) is -2.32. The van der Waals surface area contributed by atoms with Crippen molar-refractivity contribution in [3.63, 3.8) is 0 Å². The number of hydrogen-bond acceptors (Lipinski definition) is 3. The van der Waals surface area contributed by atoms with Gasteiger partial charge in [-0.2, -0.15) is 13.2 Å². The van der Waals surface area contributed by atoms with Crippen molar-refractivity contribution in [3.05, 3.63) is 65.2 Å². The third-order valence-corrected chi connectivity index (χ3v) is 6.32. The molecule has 0 radical (unpaired) electrons. The molecule has 4 nitrogen and oxygen atoms in total. The van der Waals surface area contributed by atoms with E-state index in [2.05, 4.69) is 4.90 Å². The number of benzene rings is 2. The Hall–Kier alpha value is -2.54. The third kappa shape index (κ3) is 5.03. The first-order chi connectivity index (χ1) is 14.8. The first kappa shape index (κ1) is 21.7. The molecule has 0 saturated carbocycles. The number of likely N-dealkylation sites (tertiary alicyclic amines) is 1. The van der Waals surface area contributed by atoms with Crippen LogP contribution in [0.15, 0.2) is 48.5 Å². The molecule has 7 heteroatoms. The number of piperidine rings is 1. The molecule has 2 aliphatic rings. The van der Waals surface area contributed by atoms with Crippen molar-refractivity contribution < 1.29 is 18.0 Å². The first-order valence-electron chi connectivity index (χ1n) is 10.8. The molecule has 4 rings (SSSR count). The van der Waals surface area contributed by atoms with E-state index in [4.69, 9.17) is 0 Å². The molecule has 0 spiro atoms. The van der Waals surface area contributed by atoms with E-state index in [1.807, 2.05) is 41.0 Å².